The Labute approximate surface area is 107 Å². The highest BCUT2D eigenvalue weighted by Gasteiger charge is 2.11. The zero-order chi connectivity index (χ0) is 12.4. The summed E-state index contributed by atoms with van der Waals surface area (Å²) < 4.78 is 0. The van der Waals surface area contributed by atoms with Gasteiger partial charge in [0.2, 0.25) is 0 Å². The normalized spacial score (nSPS) is 13.7. The minimum absolute atomic E-state index is 0.805. The van der Waals surface area contributed by atoms with E-state index in [1.807, 2.05) is 18.2 Å². The third-order valence-electron chi connectivity index (χ3n) is 3.05. The van der Waals surface area contributed by atoms with Gasteiger partial charge in [-0.1, -0.05) is 30.3 Å². The molecule has 0 atom stereocenters. The Kier molecular flexibility index (Phi) is 2.73. The fourth-order valence-corrected chi connectivity index (χ4v) is 2.12. The Morgan fingerprint density at radius 3 is 2.89 bits per heavy atom. The van der Waals surface area contributed by atoms with Crippen LogP contribution < -0.4 is 10.4 Å². The minimum Gasteiger partial charge on any atom is -0.287 e. The highest BCUT2D eigenvalue weighted by atomic mass is 15.5. The van der Waals surface area contributed by atoms with Crippen molar-refractivity contribution in [3.8, 4) is 0 Å². The maximum Gasteiger partial charge on any atom is 0.107 e. The fraction of sp³-hybridized carbons (Fsp3) is 0.133. The van der Waals surface area contributed by atoms with Crippen molar-refractivity contribution in [3.63, 3.8) is 0 Å². The van der Waals surface area contributed by atoms with Crippen LogP contribution >= 0.6 is 0 Å². The molecular formula is C15H15N3. The number of aliphatic imine (C=N–C) groups is 1. The molecule has 0 aliphatic carbocycles. The number of para-hydroxylation sites is 1. The lowest BCUT2D eigenvalue weighted by Gasteiger charge is -2.23. The maximum absolute atomic E-state index is 4.41. The average molecular weight is 237 g/mol. The number of anilines is 1. The van der Waals surface area contributed by atoms with Gasteiger partial charge in [0.15, 0.2) is 0 Å². The summed E-state index contributed by atoms with van der Waals surface area (Å²) >= 11 is 0. The van der Waals surface area contributed by atoms with Crippen LogP contribution in [0.4, 0.5) is 11.4 Å². The molecule has 2 aromatic rings. The van der Waals surface area contributed by atoms with Gasteiger partial charge in [0.05, 0.1) is 17.9 Å². The summed E-state index contributed by atoms with van der Waals surface area (Å²) in [6, 6.07) is 16.6. The summed E-state index contributed by atoms with van der Waals surface area (Å²) in [4.78, 5) is 4.41. The standard InChI is InChI=1S/C15H15N3/c1-12-5-4-7-14(9-12)18-10-13-6-2-3-8-15(13)16-11-17-18/h2-9,11H,10H2,1H3,(H,16,17). The first-order chi connectivity index (χ1) is 8.83. The predicted octanol–water partition coefficient (Wildman–Crippen LogP) is 3.18. The Hall–Kier alpha value is -2.29. The number of hydrazine groups is 1. The van der Waals surface area contributed by atoms with E-state index in [9.17, 15) is 0 Å². The van der Waals surface area contributed by atoms with Gasteiger partial charge in [-0.15, -0.1) is 0 Å². The fourth-order valence-electron chi connectivity index (χ4n) is 2.12. The summed E-state index contributed by atoms with van der Waals surface area (Å²) in [7, 11) is 0. The predicted molar refractivity (Wildman–Crippen MR) is 75.1 cm³/mol. The number of fused-ring (bicyclic) bond motifs is 1. The van der Waals surface area contributed by atoms with Gasteiger partial charge in [0, 0.05) is 0 Å². The second kappa shape index (κ2) is 4.53. The Bertz CT molecular complexity index is 590. The van der Waals surface area contributed by atoms with E-state index < -0.39 is 0 Å². The van der Waals surface area contributed by atoms with Gasteiger partial charge in [-0.2, -0.15) is 0 Å². The Morgan fingerprint density at radius 2 is 2.00 bits per heavy atom. The highest BCUT2D eigenvalue weighted by Crippen LogP contribution is 2.24. The molecule has 3 rings (SSSR count). The topological polar surface area (TPSA) is 27.6 Å². The molecule has 90 valence electrons. The van der Waals surface area contributed by atoms with Crippen LogP contribution in [-0.4, -0.2) is 6.34 Å². The molecule has 3 heteroatoms. The van der Waals surface area contributed by atoms with Crippen molar-refractivity contribution < 1.29 is 0 Å². The first-order valence-electron chi connectivity index (χ1n) is 6.04. The van der Waals surface area contributed by atoms with Gasteiger partial charge < -0.3 is 0 Å². The van der Waals surface area contributed by atoms with Crippen LogP contribution in [0.3, 0.4) is 0 Å². The largest absolute Gasteiger partial charge is 0.287 e. The molecule has 3 nitrogen and oxygen atoms in total. The van der Waals surface area contributed by atoms with Crippen LogP contribution in [0.5, 0.6) is 0 Å². The van der Waals surface area contributed by atoms with Crippen LogP contribution in [0.25, 0.3) is 0 Å². The zero-order valence-corrected chi connectivity index (χ0v) is 10.3. The molecule has 0 radical (unpaired) electrons. The van der Waals surface area contributed by atoms with Crippen LogP contribution in [0, 0.1) is 6.92 Å². The van der Waals surface area contributed by atoms with E-state index >= 15 is 0 Å². The number of rotatable bonds is 1. The third kappa shape index (κ3) is 2.07. The van der Waals surface area contributed by atoms with E-state index in [2.05, 4.69) is 52.7 Å². The van der Waals surface area contributed by atoms with Crippen molar-refractivity contribution in [1.29, 1.82) is 0 Å². The maximum atomic E-state index is 4.41. The quantitative estimate of drug-likeness (QED) is 0.825. The molecule has 2 aromatic carbocycles. The minimum atomic E-state index is 0.805. The van der Waals surface area contributed by atoms with E-state index in [1.165, 1.54) is 11.1 Å². The van der Waals surface area contributed by atoms with Crippen LogP contribution in [0.1, 0.15) is 11.1 Å². The van der Waals surface area contributed by atoms with Gasteiger partial charge in [0.25, 0.3) is 0 Å². The van der Waals surface area contributed by atoms with Crippen molar-refractivity contribution in [2.45, 2.75) is 13.5 Å². The monoisotopic (exact) mass is 237 g/mol. The lowest BCUT2D eigenvalue weighted by atomic mass is 10.1. The number of nitrogens with one attached hydrogen (secondary N) is 1. The van der Waals surface area contributed by atoms with Gasteiger partial charge >= 0.3 is 0 Å². The number of benzene rings is 2. The van der Waals surface area contributed by atoms with E-state index in [1.54, 1.807) is 6.34 Å². The van der Waals surface area contributed by atoms with Crippen molar-refractivity contribution in [2.24, 2.45) is 4.99 Å². The lowest BCUT2D eigenvalue weighted by Crippen LogP contribution is -2.35. The zero-order valence-electron chi connectivity index (χ0n) is 10.3. The molecule has 0 unspecified atom stereocenters. The van der Waals surface area contributed by atoms with Crippen molar-refractivity contribution in [2.75, 3.05) is 5.01 Å². The Balaban J connectivity index is 1.95. The molecule has 1 aliphatic heterocycles. The van der Waals surface area contributed by atoms with E-state index in [0.717, 1.165) is 17.9 Å². The number of nitrogens with zero attached hydrogens (tertiary/aromatic N) is 2. The van der Waals surface area contributed by atoms with Crippen molar-refractivity contribution in [3.05, 3.63) is 59.7 Å². The molecule has 1 heterocycles. The van der Waals surface area contributed by atoms with Crippen molar-refractivity contribution >= 4 is 17.7 Å². The molecule has 0 saturated carbocycles. The molecule has 0 spiro atoms. The average Bonchev–Trinajstić information content (AvgIpc) is 2.60. The van der Waals surface area contributed by atoms with Gasteiger partial charge in [-0.25, -0.2) is 4.99 Å². The summed E-state index contributed by atoms with van der Waals surface area (Å²) in [6.45, 7) is 2.91. The van der Waals surface area contributed by atoms with Crippen LogP contribution in [0.2, 0.25) is 0 Å². The van der Waals surface area contributed by atoms with E-state index in [-0.39, 0.29) is 0 Å². The molecule has 1 aliphatic rings. The van der Waals surface area contributed by atoms with E-state index in [4.69, 9.17) is 0 Å². The molecule has 0 amide bonds. The third-order valence-corrected chi connectivity index (χ3v) is 3.05. The highest BCUT2D eigenvalue weighted by molar-refractivity contribution is 5.68. The molecule has 1 N–H and O–H groups in total. The van der Waals surface area contributed by atoms with Crippen molar-refractivity contribution in [1.82, 2.24) is 5.43 Å². The first kappa shape index (κ1) is 10.8. The number of hydrogen-bond acceptors (Lipinski definition) is 3. The van der Waals surface area contributed by atoms with Crippen LogP contribution in [-0.2, 0) is 6.54 Å². The van der Waals surface area contributed by atoms with Gasteiger partial charge in [-0.3, -0.25) is 10.4 Å². The van der Waals surface area contributed by atoms with Gasteiger partial charge in [0.1, 0.15) is 6.34 Å². The molecule has 0 saturated heterocycles. The molecule has 0 bridgehead atoms. The smallest absolute Gasteiger partial charge is 0.107 e. The molecule has 18 heavy (non-hydrogen) atoms. The van der Waals surface area contributed by atoms with Crippen LogP contribution in [0.15, 0.2) is 53.5 Å². The summed E-state index contributed by atoms with van der Waals surface area (Å²) in [5.41, 5.74) is 7.87. The molecule has 0 fully saturated rings. The number of aryl methyl sites for hydroxylation is 1. The summed E-state index contributed by atoms with van der Waals surface area (Å²) in [6.07, 6.45) is 1.74. The number of hydrogen-bond donors (Lipinski definition) is 1. The SMILES string of the molecule is Cc1cccc(N2Cc3ccccc3N=CN2)c1. The molecular weight excluding hydrogens is 222 g/mol. The lowest BCUT2D eigenvalue weighted by molar-refractivity contribution is 0.782. The second-order valence-corrected chi connectivity index (χ2v) is 4.44. The van der Waals surface area contributed by atoms with E-state index in [0.29, 0.717) is 0 Å². The van der Waals surface area contributed by atoms with Gasteiger partial charge in [-0.05, 0) is 36.2 Å². The summed E-state index contributed by atoms with van der Waals surface area (Å²) in [5.74, 6) is 0. The first-order valence-corrected chi connectivity index (χ1v) is 6.04. The summed E-state index contributed by atoms with van der Waals surface area (Å²) in [5, 5.41) is 2.10. The molecule has 0 aromatic heterocycles. The second-order valence-electron chi connectivity index (χ2n) is 4.44. The Morgan fingerprint density at radius 1 is 1.11 bits per heavy atom.